The van der Waals surface area contributed by atoms with Crippen LogP contribution >= 0.6 is 27.3 Å². The number of benzene rings is 1. The topological polar surface area (TPSA) is 37.8 Å². The second-order valence-electron chi connectivity index (χ2n) is 3.85. The van der Waals surface area contributed by atoms with Crippen molar-refractivity contribution in [1.82, 2.24) is 15.5 Å². The third kappa shape index (κ3) is 3.34. The molecule has 5 heteroatoms. The van der Waals surface area contributed by atoms with Gasteiger partial charge in [0.25, 0.3) is 0 Å². The Labute approximate surface area is 113 Å². The highest BCUT2D eigenvalue weighted by Gasteiger charge is 2.10. The van der Waals surface area contributed by atoms with Gasteiger partial charge in [-0.2, -0.15) is 0 Å². The summed E-state index contributed by atoms with van der Waals surface area (Å²) in [4.78, 5) is 0. The molecule has 0 amide bonds. The van der Waals surface area contributed by atoms with Crippen LogP contribution in [0, 0.1) is 0 Å². The lowest BCUT2D eigenvalue weighted by Gasteiger charge is -2.02. The van der Waals surface area contributed by atoms with E-state index in [4.69, 9.17) is 0 Å². The first-order valence-corrected chi connectivity index (χ1v) is 7.04. The first kappa shape index (κ1) is 12.7. The maximum absolute atomic E-state index is 4.22. The molecule has 1 N–H and O–H groups in total. The van der Waals surface area contributed by atoms with Gasteiger partial charge in [-0.05, 0) is 31.7 Å². The van der Waals surface area contributed by atoms with Crippen molar-refractivity contribution in [3.05, 3.63) is 44.3 Å². The summed E-state index contributed by atoms with van der Waals surface area (Å²) < 4.78 is 1.10. The van der Waals surface area contributed by atoms with Crippen LogP contribution in [0.4, 0.5) is 0 Å². The van der Waals surface area contributed by atoms with Crippen molar-refractivity contribution in [1.29, 1.82) is 0 Å². The molecule has 1 unspecified atom stereocenters. The van der Waals surface area contributed by atoms with Gasteiger partial charge in [0.1, 0.15) is 10.0 Å². The van der Waals surface area contributed by atoms with E-state index in [1.807, 2.05) is 19.2 Å². The highest BCUT2D eigenvalue weighted by atomic mass is 79.9. The number of halogens is 1. The van der Waals surface area contributed by atoms with Gasteiger partial charge in [-0.1, -0.05) is 39.4 Å². The maximum Gasteiger partial charge on any atom is 0.134 e. The third-order valence-electron chi connectivity index (χ3n) is 2.55. The van der Waals surface area contributed by atoms with Gasteiger partial charge in [0, 0.05) is 10.9 Å². The third-order valence-corrected chi connectivity index (χ3v) is 4.19. The fourth-order valence-corrected chi connectivity index (χ4v) is 2.62. The van der Waals surface area contributed by atoms with E-state index in [1.54, 1.807) is 11.3 Å². The second-order valence-corrected chi connectivity index (χ2v) is 5.86. The van der Waals surface area contributed by atoms with Gasteiger partial charge in [0.05, 0.1) is 6.04 Å². The molecule has 0 spiro atoms. The molecule has 0 saturated carbocycles. The molecule has 1 atom stereocenters. The SMILES string of the molecule is CNC(C)c1nnc(Cc2ccc(Br)cc2)s1. The normalized spacial score (nSPS) is 12.6. The minimum atomic E-state index is 0.270. The van der Waals surface area contributed by atoms with E-state index in [1.165, 1.54) is 5.56 Å². The van der Waals surface area contributed by atoms with Gasteiger partial charge in [0.2, 0.25) is 0 Å². The van der Waals surface area contributed by atoms with Crippen LogP contribution in [0.1, 0.15) is 28.5 Å². The van der Waals surface area contributed by atoms with Crippen molar-refractivity contribution in [2.24, 2.45) is 0 Å². The van der Waals surface area contributed by atoms with Crippen molar-refractivity contribution in [3.8, 4) is 0 Å². The molecule has 0 bridgehead atoms. The van der Waals surface area contributed by atoms with Gasteiger partial charge in [-0.25, -0.2) is 0 Å². The number of hydrogen-bond acceptors (Lipinski definition) is 4. The zero-order valence-electron chi connectivity index (χ0n) is 9.77. The van der Waals surface area contributed by atoms with E-state index in [9.17, 15) is 0 Å². The zero-order valence-corrected chi connectivity index (χ0v) is 12.2. The minimum Gasteiger partial charge on any atom is -0.311 e. The molecule has 3 nitrogen and oxygen atoms in total. The smallest absolute Gasteiger partial charge is 0.134 e. The molecule has 2 rings (SSSR count). The molecule has 0 aliphatic heterocycles. The summed E-state index contributed by atoms with van der Waals surface area (Å²) in [5.74, 6) is 0. The summed E-state index contributed by atoms with van der Waals surface area (Å²) in [6.07, 6.45) is 0.849. The average molecular weight is 312 g/mol. The van der Waals surface area contributed by atoms with Crippen LogP contribution in [0.2, 0.25) is 0 Å². The highest BCUT2D eigenvalue weighted by Crippen LogP contribution is 2.20. The number of hydrogen-bond donors (Lipinski definition) is 1. The Morgan fingerprint density at radius 1 is 1.29 bits per heavy atom. The summed E-state index contributed by atoms with van der Waals surface area (Å²) >= 11 is 5.10. The number of nitrogens with zero attached hydrogens (tertiary/aromatic N) is 2. The van der Waals surface area contributed by atoms with Crippen molar-refractivity contribution >= 4 is 27.3 Å². The number of nitrogens with one attached hydrogen (secondary N) is 1. The molecule has 17 heavy (non-hydrogen) atoms. The standard InChI is InChI=1S/C12H14BrN3S/c1-8(14-2)12-16-15-11(17-12)7-9-3-5-10(13)6-4-9/h3-6,8,14H,7H2,1-2H3. The molecule has 2 aromatic rings. The lowest BCUT2D eigenvalue weighted by atomic mass is 10.2. The highest BCUT2D eigenvalue weighted by molar-refractivity contribution is 9.10. The van der Waals surface area contributed by atoms with E-state index in [0.29, 0.717) is 0 Å². The summed E-state index contributed by atoms with van der Waals surface area (Å²) in [7, 11) is 1.93. The van der Waals surface area contributed by atoms with Crippen LogP contribution in [0.15, 0.2) is 28.7 Å². The lowest BCUT2D eigenvalue weighted by molar-refractivity contribution is 0.639. The Hall–Kier alpha value is -0.780. The Morgan fingerprint density at radius 3 is 2.65 bits per heavy atom. The second kappa shape index (κ2) is 5.71. The Bertz CT molecular complexity index is 481. The van der Waals surface area contributed by atoms with E-state index in [0.717, 1.165) is 20.9 Å². The van der Waals surface area contributed by atoms with Gasteiger partial charge in [0.15, 0.2) is 0 Å². The average Bonchev–Trinajstić information content (AvgIpc) is 2.80. The largest absolute Gasteiger partial charge is 0.311 e. The van der Waals surface area contributed by atoms with Crippen molar-refractivity contribution < 1.29 is 0 Å². The Balaban J connectivity index is 2.08. The van der Waals surface area contributed by atoms with Crippen LogP contribution in [-0.4, -0.2) is 17.2 Å². The molecule has 1 aromatic heterocycles. The molecule has 1 aromatic carbocycles. The van der Waals surface area contributed by atoms with E-state index in [-0.39, 0.29) is 6.04 Å². The fraction of sp³-hybridized carbons (Fsp3) is 0.333. The van der Waals surface area contributed by atoms with Crippen LogP contribution in [-0.2, 0) is 6.42 Å². The summed E-state index contributed by atoms with van der Waals surface area (Å²) in [5.41, 5.74) is 1.26. The van der Waals surface area contributed by atoms with Crippen molar-refractivity contribution in [2.75, 3.05) is 7.05 Å². The van der Waals surface area contributed by atoms with Crippen LogP contribution in [0.25, 0.3) is 0 Å². The predicted octanol–water partition coefficient (Wildman–Crippen LogP) is 3.17. The van der Waals surface area contributed by atoms with Crippen molar-refractivity contribution in [2.45, 2.75) is 19.4 Å². The Morgan fingerprint density at radius 2 is 2.00 bits per heavy atom. The molecular formula is C12H14BrN3S. The predicted molar refractivity (Wildman–Crippen MR) is 74.3 cm³/mol. The molecule has 0 saturated heterocycles. The Kier molecular flexibility index (Phi) is 4.25. The molecular weight excluding hydrogens is 298 g/mol. The first-order valence-electron chi connectivity index (χ1n) is 5.43. The first-order chi connectivity index (χ1) is 8.19. The minimum absolute atomic E-state index is 0.270. The van der Waals surface area contributed by atoms with E-state index >= 15 is 0 Å². The zero-order chi connectivity index (χ0) is 12.3. The summed E-state index contributed by atoms with van der Waals surface area (Å²) in [6.45, 7) is 2.09. The molecule has 90 valence electrons. The molecule has 0 fully saturated rings. The lowest BCUT2D eigenvalue weighted by Crippen LogP contribution is -2.11. The van der Waals surface area contributed by atoms with Gasteiger partial charge in [-0.3, -0.25) is 0 Å². The number of aromatic nitrogens is 2. The number of rotatable bonds is 4. The van der Waals surface area contributed by atoms with Gasteiger partial charge in [-0.15, -0.1) is 10.2 Å². The van der Waals surface area contributed by atoms with Crippen LogP contribution in [0.3, 0.4) is 0 Å². The quantitative estimate of drug-likeness (QED) is 0.942. The molecule has 0 aliphatic rings. The van der Waals surface area contributed by atoms with Crippen LogP contribution in [0.5, 0.6) is 0 Å². The van der Waals surface area contributed by atoms with Crippen molar-refractivity contribution in [3.63, 3.8) is 0 Å². The van der Waals surface area contributed by atoms with Gasteiger partial charge >= 0.3 is 0 Å². The fourth-order valence-electron chi connectivity index (χ4n) is 1.41. The summed E-state index contributed by atoms with van der Waals surface area (Å²) in [6, 6.07) is 8.58. The monoisotopic (exact) mass is 311 g/mol. The van der Waals surface area contributed by atoms with Crippen LogP contribution < -0.4 is 5.32 Å². The van der Waals surface area contributed by atoms with E-state index < -0.39 is 0 Å². The molecule has 0 aliphatic carbocycles. The van der Waals surface area contributed by atoms with Gasteiger partial charge < -0.3 is 5.32 Å². The maximum atomic E-state index is 4.22. The molecule has 1 heterocycles. The molecule has 0 radical (unpaired) electrons. The summed E-state index contributed by atoms with van der Waals surface area (Å²) in [5, 5.41) is 13.7. The van der Waals surface area contributed by atoms with E-state index in [2.05, 4.69) is 50.5 Å².